The number of carbonyl (C=O) groups is 1. The molecule has 1 aliphatic carbocycles. The maximum atomic E-state index is 11.9. The number of ether oxygens (including phenoxy) is 1. The molecule has 18 heavy (non-hydrogen) atoms. The second-order valence-corrected chi connectivity index (χ2v) is 5.97. The molecular formula is C12H23NO4S. The molecule has 0 aromatic carbocycles. The van der Waals surface area contributed by atoms with Gasteiger partial charge in [0.15, 0.2) is 0 Å². The van der Waals surface area contributed by atoms with Crippen molar-refractivity contribution >= 4 is 17.7 Å². The Hall–Kier alpha value is -0.300. The van der Waals surface area contributed by atoms with E-state index in [1.54, 1.807) is 11.8 Å². The molecule has 0 aromatic rings. The first-order chi connectivity index (χ1) is 8.57. The summed E-state index contributed by atoms with van der Waals surface area (Å²) >= 11 is 1.61. The molecule has 0 spiro atoms. The van der Waals surface area contributed by atoms with Gasteiger partial charge in [-0.1, -0.05) is 6.92 Å². The summed E-state index contributed by atoms with van der Waals surface area (Å²) in [6.45, 7) is 2.49. The van der Waals surface area contributed by atoms with Crippen LogP contribution >= 0.6 is 11.8 Å². The predicted octanol–water partition coefficient (Wildman–Crippen LogP) is 0.147. The van der Waals surface area contributed by atoms with Crippen LogP contribution < -0.4 is 5.32 Å². The molecule has 3 atom stereocenters. The van der Waals surface area contributed by atoms with Crippen LogP contribution in [-0.4, -0.2) is 59.1 Å². The van der Waals surface area contributed by atoms with Gasteiger partial charge in [-0.05, 0) is 25.8 Å². The smallest absolute Gasteiger partial charge is 0.326 e. The summed E-state index contributed by atoms with van der Waals surface area (Å²) in [5.74, 6) is 0.306. The van der Waals surface area contributed by atoms with E-state index in [1.165, 1.54) is 7.11 Å². The zero-order valence-electron chi connectivity index (χ0n) is 11.0. The first-order valence-electron chi connectivity index (χ1n) is 6.32. The molecule has 0 radical (unpaired) electrons. The lowest BCUT2D eigenvalue weighted by molar-refractivity contribution is -0.148. The fraction of sp³-hybridized carbons (Fsp3) is 0.917. The van der Waals surface area contributed by atoms with Gasteiger partial charge in [0.05, 0.1) is 19.8 Å². The topological polar surface area (TPSA) is 78.8 Å². The molecule has 0 saturated heterocycles. The lowest BCUT2D eigenvalue weighted by Gasteiger charge is -2.27. The molecule has 0 bridgehead atoms. The van der Waals surface area contributed by atoms with Crippen LogP contribution in [0, 0.1) is 0 Å². The number of carbonyl (C=O) groups excluding carboxylic acids is 1. The fourth-order valence-corrected chi connectivity index (χ4v) is 3.68. The van der Waals surface area contributed by atoms with Crippen LogP contribution in [0.2, 0.25) is 0 Å². The van der Waals surface area contributed by atoms with Gasteiger partial charge < -0.3 is 20.3 Å². The largest absolute Gasteiger partial charge is 0.468 e. The summed E-state index contributed by atoms with van der Waals surface area (Å²) in [5, 5.41) is 21.7. The van der Waals surface area contributed by atoms with E-state index in [-0.39, 0.29) is 12.6 Å². The lowest BCUT2D eigenvalue weighted by atomic mass is 9.98. The highest BCUT2D eigenvalue weighted by atomic mass is 32.2. The predicted molar refractivity (Wildman–Crippen MR) is 71.6 cm³/mol. The van der Waals surface area contributed by atoms with E-state index in [1.807, 2.05) is 6.92 Å². The third kappa shape index (κ3) is 3.85. The molecule has 0 heterocycles. The average molecular weight is 277 g/mol. The van der Waals surface area contributed by atoms with Gasteiger partial charge in [0.25, 0.3) is 0 Å². The number of aliphatic hydroxyl groups excluding tert-OH is 2. The Balaban J connectivity index is 2.52. The van der Waals surface area contributed by atoms with Gasteiger partial charge in [-0.3, -0.25) is 4.79 Å². The fourth-order valence-electron chi connectivity index (χ4n) is 2.39. The summed E-state index contributed by atoms with van der Waals surface area (Å²) in [6.07, 6.45) is 1.73. The molecule has 3 unspecified atom stereocenters. The standard InChI is InChI=1S/C12H23NO4S/c1-3-13-12(11(16)17-2)5-4-10(6-12)18-8-9(15)7-14/h9-10,13-15H,3-8H2,1-2H3. The van der Waals surface area contributed by atoms with Crippen LogP contribution in [0.5, 0.6) is 0 Å². The van der Waals surface area contributed by atoms with Crippen molar-refractivity contribution in [3.63, 3.8) is 0 Å². The summed E-state index contributed by atoms with van der Waals surface area (Å²) in [7, 11) is 1.41. The summed E-state index contributed by atoms with van der Waals surface area (Å²) in [6, 6.07) is 0. The van der Waals surface area contributed by atoms with Crippen molar-refractivity contribution in [3.05, 3.63) is 0 Å². The normalized spacial score (nSPS) is 29.2. The quantitative estimate of drug-likeness (QED) is 0.575. The van der Waals surface area contributed by atoms with E-state index in [9.17, 15) is 9.90 Å². The Morgan fingerprint density at radius 3 is 2.94 bits per heavy atom. The maximum Gasteiger partial charge on any atom is 0.326 e. The van der Waals surface area contributed by atoms with Gasteiger partial charge in [-0.15, -0.1) is 0 Å². The van der Waals surface area contributed by atoms with Crippen LogP contribution in [0.15, 0.2) is 0 Å². The average Bonchev–Trinajstić information content (AvgIpc) is 2.80. The van der Waals surface area contributed by atoms with Gasteiger partial charge in [-0.25, -0.2) is 0 Å². The summed E-state index contributed by atoms with van der Waals surface area (Å²) in [5.41, 5.74) is -0.564. The van der Waals surface area contributed by atoms with E-state index in [0.29, 0.717) is 11.0 Å². The van der Waals surface area contributed by atoms with Crippen LogP contribution in [0.25, 0.3) is 0 Å². The molecule has 3 N–H and O–H groups in total. The molecule has 1 fully saturated rings. The first kappa shape index (κ1) is 15.8. The molecule has 5 nitrogen and oxygen atoms in total. The lowest BCUT2D eigenvalue weighted by Crippen LogP contribution is -2.50. The van der Waals surface area contributed by atoms with Crippen molar-refractivity contribution in [1.29, 1.82) is 0 Å². The van der Waals surface area contributed by atoms with E-state index in [0.717, 1.165) is 25.8 Å². The Bertz CT molecular complexity index is 277. The first-order valence-corrected chi connectivity index (χ1v) is 7.36. The highest BCUT2D eigenvalue weighted by Crippen LogP contribution is 2.38. The van der Waals surface area contributed by atoms with Crippen LogP contribution in [-0.2, 0) is 9.53 Å². The third-order valence-corrected chi connectivity index (χ3v) is 4.75. The molecule has 0 aliphatic heterocycles. The number of nitrogens with one attached hydrogen (secondary N) is 1. The maximum absolute atomic E-state index is 11.9. The van der Waals surface area contributed by atoms with Crippen LogP contribution in [0.4, 0.5) is 0 Å². The van der Waals surface area contributed by atoms with Gasteiger partial charge in [0.2, 0.25) is 0 Å². The zero-order chi connectivity index (χ0) is 13.6. The van der Waals surface area contributed by atoms with E-state index < -0.39 is 11.6 Å². The highest BCUT2D eigenvalue weighted by Gasteiger charge is 2.45. The molecule has 6 heteroatoms. The molecule has 0 aromatic heterocycles. The molecule has 1 aliphatic rings. The van der Waals surface area contributed by atoms with Crippen molar-refractivity contribution in [3.8, 4) is 0 Å². The van der Waals surface area contributed by atoms with E-state index >= 15 is 0 Å². The van der Waals surface area contributed by atoms with Crippen LogP contribution in [0.3, 0.4) is 0 Å². The number of esters is 1. The number of hydrogen-bond donors (Lipinski definition) is 3. The minimum absolute atomic E-state index is 0.199. The number of methoxy groups -OCH3 is 1. The number of thioether (sulfide) groups is 1. The SMILES string of the molecule is CCNC1(C(=O)OC)CCC(SCC(O)CO)C1. The minimum Gasteiger partial charge on any atom is -0.468 e. The van der Waals surface area contributed by atoms with Crippen molar-refractivity contribution in [2.24, 2.45) is 0 Å². The minimum atomic E-state index is -0.678. The number of likely N-dealkylation sites (N-methyl/N-ethyl adjacent to an activating group) is 1. The molecule has 0 amide bonds. The number of rotatable bonds is 7. The molecule has 106 valence electrons. The van der Waals surface area contributed by atoms with E-state index in [4.69, 9.17) is 9.84 Å². The van der Waals surface area contributed by atoms with Gasteiger partial charge in [0.1, 0.15) is 5.54 Å². The Kier molecular flexibility index (Phi) is 6.42. The molecule has 1 saturated carbocycles. The second kappa shape index (κ2) is 7.33. The van der Waals surface area contributed by atoms with Crippen molar-refractivity contribution in [2.75, 3.05) is 26.0 Å². The van der Waals surface area contributed by atoms with Gasteiger partial charge in [-0.2, -0.15) is 11.8 Å². The van der Waals surface area contributed by atoms with Crippen molar-refractivity contribution in [1.82, 2.24) is 5.32 Å². The monoisotopic (exact) mass is 277 g/mol. The van der Waals surface area contributed by atoms with Crippen molar-refractivity contribution in [2.45, 2.75) is 43.1 Å². The highest BCUT2D eigenvalue weighted by molar-refractivity contribution is 7.99. The molecular weight excluding hydrogens is 254 g/mol. The Morgan fingerprint density at radius 1 is 1.67 bits per heavy atom. The van der Waals surface area contributed by atoms with Gasteiger partial charge in [0, 0.05) is 11.0 Å². The summed E-state index contributed by atoms with van der Waals surface area (Å²) in [4.78, 5) is 11.9. The van der Waals surface area contributed by atoms with E-state index in [2.05, 4.69) is 5.32 Å². The number of hydrogen-bond acceptors (Lipinski definition) is 6. The molecule has 1 rings (SSSR count). The van der Waals surface area contributed by atoms with Gasteiger partial charge >= 0.3 is 5.97 Å². The Labute approximate surface area is 112 Å². The summed E-state index contributed by atoms with van der Waals surface area (Å²) < 4.78 is 4.89. The van der Waals surface area contributed by atoms with Crippen molar-refractivity contribution < 1.29 is 19.7 Å². The Morgan fingerprint density at radius 2 is 2.39 bits per heavy atom. The zero-order valence-corrected chi connectivity index (χ0v) is 11.8. The number of aliphatic hydroxyl groups is 2. The third-order valence-electron chi connectivity index (χ3n) is 3.30. The second-order valence-electron chi connectivity index (χ2n) is 4.64. The van der Waals surface area contributed by atoms with Crippen LogP contribution in [0.1, 0.15) is 26.2 Å².